The average molecular weight is 639 g/mol. The molecule has 0 heterocycles. The first-order valence-corrected chi connectivity index (χ1v) is 17.3. The number of fused-ring (bicyclic) bond motifs is 3. The van der Waals surface area contributed by atoms with Gasteiger partial charge in [0.05, 0.1) is 0 Å². The molecule has 0 heteroatoms. The highest BCUT2D eigenvalue weighted by Gasteiger charge is 2.26. The Labute approximate surface area is 296 Å². The van der Waals surface area contributed by atoms with E-state index < -0.39 is 0 Å². The molecule has 0 nitrogen and oxygen atoms in total. The number of benzene rings is 6. The van der Waals surface area contributed by atoms with Crippen LogP contribution < -0.4 is 0 Å². The molecule has 0 saturated heterocycles. The molecule has 238 valence electrons. The van der Waals surface area contributed by atoms with Crippen LogP contribution in [0.3, 0.4) is 0 Å². The molecular formula is C50H38. The first kappa shape index (κ1) is 31.1. The molecule has 2 aliphatic rings. The Balaban J connectivity index is 1.10. The molecule has 0 aliphatic heterocycles. The van der Waals surface area contributed by atoms with E-state index in [0.717, 1.165) is 24.0 Å². The van der Waals surface area contributed by atoms with E-state index in [2.05, 4.69) is 183 Å². The number of hydrogen-bond donors (Lipinski definition) is 0. The Morgan fingerprint density at radius 2 is 0.780 bits per heavy atom. The summed E-state index contributed by atoms with van der Waals surface area (Å²) < 4.78 is 0. The van der Waals surface area contributed by atoms with E-state index in [9.17, 15) is 0 Å². The van der Waals surface area contributed by atoms with Gasteiger partial charge in [0.25, 0.3) is 0 Å². The van der Waals surface area contributed by atoms with Gasteiger partial charge in [0.15, 0.2) is 0 Å². The molecule has 50 heavy (non-hydrogen) atoms. The number of hydrogen-bond acceptors (Lipinski definition) is 0. The van der Waals surface area contributed by atoms with Crippen molar-refractivity contribution in [1.82, 2.24) is 0 Å². The van der Waals surface area contributed by atoms with Crippen LogP contribution in [0.25, 0.3) is 50.1 Å². The van der Waals surface area contributed by atoms with Gasteiger partial charge < -0.3 is 0 Å². The van der Waals surface area contributed by atoms with E-state index in [0.29, 0.717) is 0 Å². The molecule has 0 fully saturated rings. The van der Waals surface area contributed by atoms with E-state index >= 15 is 0 Å². The third-order valence-corrected chi connectivity index (χ3v) is 9.82. The van der Waals surface area contributed by atoms with Crippen LogP contribution >= 0.6 is 0 Å². The van der Waals surface area contributed by atoms with Crippen molar-refractivity contribution in [3.63, 3.8) is 0 Å². The largest absolute Gasteiger partial charge is 0.0949 e. The lowest BCUT2D eigenvalue weighted by molar-refractivity contribution is 1.29. The Hall–Kier alpha value is -6.24. The zero-order chi connectivity index (χ0) is 33.9. The third kappa shape index (κ3) is 6.32. The highest BCUT2D eigenvalue weighted by Crippen LogP contribution is 2.48. The molecule has 0 aromatic heterocycles. The maximum absolute atomic E-state index is 4.35. The summed E-state index contributed by atoms with van der Waals surface area (Å²) in [6, 6.07) is 52.7. The molecule has 2 aliphatic carbocycles. The lowest BCUT2D eigenvalue weighted by atomic mass is 9.92. The first-order valence-electron chi connectivity index (χ1n) is 17.3. The number of allylic oxidation sites excluding steroid dienone is 9. The maximum atomic E-state index is 4.35. The normalized spacial score (nSPS) is 12.8. The first-order chi connectivity index (χ1) is 24.6. The molecule has 8 rings (SSSR count). The van der Waals surface area contributed by atoms with Gasteiger partial charge in [-0.25, -0.2) is 0 Å². The Morgan fingerprint density at radius 3 is 1.20 bits per heavy atom. The molecule has 0 bridgehead atoms. The highest BCUT2D eigenvalue weighted by molar-refractivity contribution is 6.05. The predicted molar refractivity (Wildman–Crippen MR) is 215 cm³/mol. The second kappa shape index (κ2) is 13.7. The molecule has 0 N–H and O–H groups in total. The summed E-state index contributed by atoms with van der Waals surface area (Å²) in [5.74, 6) is 0. The molecule has 0 unspecified atom stereocenters. The zero-order valence-corrected chi connectivity index (χ0v) is 28.1. The lowest BCUT2D eigenvalue weighted by Crippen LogP contribution is -1.91. The van der Waals surface area contributed by atoms with Crippen molar-refractivity contribution in [2.45, 2.75) is 12.8 Å². The van der Waals surface area contributed by atoms with Gasteiger partial charge in [0.2, 0.25) is 0 Å². The van der Waals surface area contributed by atoms with Crippen molar-refractivity contribution in [1.29, 1.82) is 0 Å². The minimum atomic E-state index is 0.834. The fourth-order valence-electron chi connectivity index (χ4n) is 7.13. The van der Waals surface area contributed by atoms with Crippen LogP contribution in [0.1, 0.15) is 33.4 Å². The van der Waals surface area contributed by atoms with Crippen molar-refractivity contribution in [2.75, 3.05) is 0 Å². The van der Waals surface area contributed by atoms with Gasteiger partial charge >= 0.3 is 0 Å². The molecule has 6 aromatic carbocycles. The minimum Gasteiger partial charge on any atom is -0.0949 e. The molecule has 0 atom stereocenters. The predicted octanol–water partition coefficient (Wildman–Crippen LogP) is 13.0. The van der Waals surface area contributed by atoms with Crippen LogP contribution in [-0.2, 0) is 12.8 Å². The van der Waals surface area contributed by atoms with E-state index in [-0.39, 0.29) is 0 Å². The van der Waals surface area contributed by atoms with Gasteiger partial charge in [-0.1, -0.05) is 183 Å². The van der Waals surface area contributed by atoms with Gasteiger partial charge in [-0.2, -0.15) is 0 Å². The van der Waals surface area contributed by atoms with E-state index in [1.54, 1.807) is 0 Å². The molecule has 6 aromatic rings. The summed E-state index contributed by atoms with van der Waals surface area (Å²) in [6.07, 6.45) is 14.6. The smallest absolute Gasteiger partial charge is 0.00257 e. The second-order valence-corrected chi connectivity index (χ2v) is 13.1. The van der Waals surface area contributed by atoms with Crippen molar-refractivity contribution in [2.24, 2.45) is 0 Å². The molecule has 0 amide bonds. The van der Waals surface area contributed by atoms with Crippen molar-refractivity contribution in [3.05, 3.63) is 234 Å². The van der Waals surface area contributed by atoms with Gasteiger partial charge in [0.1, 0.15) is 0 Å². The third-order valence-electron chi connectivity index (χ3n) is 9.82. The van der Waals surface area contributed by atoms with Gasteiger partial charge in [-0.05, 0) is 114 Å². The molecule has 0 spiro atoms. The zero-order valence-electron chi connectivity index (χ0n) is 28.1. The van der Waals surface area contributed by atoms with Crippen LogP contribution in [0.5, 0.6) is 0 Å². The van der Waals surface area contributed by atoms with E-state index in [1.165, 1.54) is 77.9 Å². The van der Waals surface area contributed by atoms with Crippen molar-refractivity contribution >= 4 is 16.7 Å². The van der Waals surface area contributed by atoms with Crippen LogP contribution in [0.4, 0.5) is 0 Å². The van der Waals surface area contributed by atoms with Gasteiger partial charge in [-0.3, -0.25) is 0 Å². The second-order valence-electron chi connectivity index (χ2n) is 13.1. The van der Waals surface area contributed by atoms with Gasteiger partial charge in [0, 0.05) is 0 Å². The molecular weight excluding hydrogens is 601 g/mol. The SMILES string of the molecule is C=C(Cc1ccc(-c2ccc3c(c2)C(=C2C=CC=CC=C2)c2cc(-c4ccc(CC(=C)c5ccccc5)cc4)ccc2-3)cc1)c1ccccc1. The molecule has 0 saturated carbocycles. The fraction of sp³-hybridized carbons (Fsp3) is 0.0400. The molecule has 0 radical (unpaired) electrons. The van der Waals surface area contributed by atoms with Gasteiger partial charge in [-0.15, -0.1) is 0 Å². The van der Waals surface area contributed by atoms with Crippen molar-refractivity contribution in [3.8, 4) is 33.4 Å². The fourth-order valence-corrected chi connectivity index (χ4v) is 7.13. The van der Waals surface area contributed by atoms with Crippen LogP contribution in [-0.4, -0.2) is 0 Å². The summed E-state index contributed by atoms with van der Waals surface area (Å²) in [4.78, 5) is 0. The standard InChI is InChI=1S/C50H38/c1-35(39-13-9-5-10-14-39)31-37-19-23-41(24-20-37)44-27-29-46-47-30-28-45(34-49(47)50(48(46)33-44)43-17-7-3-4-8-18-43)42-25-21-38(22-26-42)32-36(2)40-15-11-6-12-16-40/h3-30,33-34H,1-2,31-32H2. The van der Waals surface area contributed by atoms with E-state index in [1.807, 2.05) is 12.1 Å². The summed E-state index contributed by atoms with van der Waals surface area (Å²) in [7, 11) is 0. The van der Waals surface area contributed by atoms with Crippen LogP contribution in [0.15, 0.2) is 201 Å². The summed E-state index contributed by atoms with van der Waals surface area (Å²) in [5.41, 5.74) is 19.7. The Morgan fingerprint density at radius 1 is 0.380 bits per heavy atom. The Kier molecular flexibility index (Phi) is 8.51. The summed E-state index contributed by atoms with van der Waals surface area (Å²) in [6.45, 7) is 8.69. The van der Waals surface area contributed by atoms with Crippen LogP contribution in [0.2, 0.25) is 0 Å². The monoisotopic (exact) mass is 638 g/mol. The lowest BCUT2D eigenvalue weighted by Gasteiger charge is -2.11. The van der Waals surface area contributed by atoms with Crippen LogP contribution in [0, 0.1) is 0 Å². The summed E-state index contributed by atoms with van der Waals surface area (Å²) in [5, 5.41) is 0. The topological polar surface area (TPSA) is 0 Å². The quantitative estimate of drug-likeness (QED) is 0.155. The average Bonchev–Trinajstić information content (AvgIpc) is 3.27. The minimum absolute atomic E-state index is 0.834. The number of rotatable bonds is 8. The Bertz CT molecular complexity index is 2170. The van der Waals surface area contributed by atoms with E-state index in [4.69, 9.17) is 0 Å². The highest BCUT2D eigenvalue weighted by atomic mass is 14.3. The van der Waals surface area contributed by atoms with Crippen molar-refractivity contribution < 1.29 is 0 Å². The maximum Gasteiger partial charge on any atom is -0.00257 e. The summed E-state index contributed by atoms with van der Waals surface area (Å²) >= 11 is 0.